The Labute approximate surface area is 281 Å². The van der Waals surface area contributed by atoms with Crippen molar-refractivity contribution in [3.8, 4) is 0 Å². The first-order valence-corrected chi connectivity index (χ1v) is 16.1. The average molecular weight is 672 g/mol. The molecule has 0 aliphatic carbocycles. The van der Waals surface area contributed by atoms with E-state index in [1.165, 1.54) is 12.2 Å². The minimum atomic E-state index is -1.00. The number of benzene rings is 1. The van der Waals surface area contributed by atoms with Gasteiger partial charge in [-0.15, -0.1) is 0 Å². The fraction of sp³-hybridized carbons (Fsp3) is 0.545. The molecule has 2 rings (SSSR count). The third-order valence-corrected chi connectivity index (χ3v) is 7.12. The summed E-state index contributed by atoms with van der Waals surface area (Å²) in [5.41, 5.74) is 5.84. The number of unbranched alkanes of at least 4 members (excludes halogenated alkanes) is 2. The van der Waals surface area contributed by atoms with E-state index in [1.807, 2.05) is 20.8 Å². The molecule has 48 heavy (non-hydrogen) atoms. The van der Waals surface area contributed by atoms with Crippen molar-refractivity contribution in [1.29, 1.82) is 0 Å². The predicted octanol–water partition coefficient (Wildman–Crippen LogP) is 2.21. The first kappa shape index (κ1) is 39.2. The van der Waals surface area contributed by atoms with Crippen molar-refractivity contribution < 1.29 is 38.3 Å². The Balaban J connectivity index is 1.94. The minimum Gasteiger partial charge on any atom is -0.445 e. The second kappa shape index (κ2) is 19.0. The Hall–Kier alpha value is -4.95. The first-order chi connectivity index (χ1) is 22.6. The van der Waals surface area contributed by atoms with E-state index in [9.17, 15) is 33.6 Å². The number of carbonyl (C=O) groups excluding carboxylic acids is 7. The largest absolute Gasteiger partial charge is 0.445 e. The second-order valence-electron chi connectivity index (χ2n) is 12.9. The maximum absolute atomic E-state index is 13.4. The molecule has 0 spiro atoms. The van der Waals surface area contributed by atoms with Crippen LogP contribution in [0.2, 0.25) is 0 Å². The lowest BCUT2D eigenvalue weighted by Gasteiger charge is -2.25. The van der Waals surface area contributed by atoms with Crippen LogP contribution in [-0.4, -0.2) is 77.3 Å². The Morgan fingerprint density at radius 3 is 2.10 bits per heavy atom. The van der Waals surface area contributed by atoms with Gasteiger partial charge in [-0.3, -0.25) is 28.9 Å². The Morgan fingerprint density at radius 1 is 0.875 bits per heavy atom. The van der Waals surface area contributed by atoms with Crippen molar-refractivity contribution in [2.45, 2.75) is 97.4 Å². The number of carbonyl (C=O) groups is 7. The highest BCUT2D eigenvalue weighted by molar-refractivity contribution is 6.12. The molecule has 0 bridgehead atoms. The van der Waals surface area contributed by atoms with Crippen molar-refractivity contribution in [3.05, 3.63) is 42.0 Å². The third-order valence-electron chi connectivity index (χ3n) is 7.12. The van der Waals surface area contributed by atoms with Crippen LogP contribution in [0.1, 0.15) is 78.7 Å². The molecular weight excluding hydrogens is 622 g/mol. The van der Waals surface area contributed by atoms with Gasteiger partial charge in [0, 0.05) is 42.9 Å². The molecule has 15 nitrogen and oxygen atoms in total. The van der Waals surface area contributed by atoms with Crippen molar-refractivity contribution in [2.75, 3.05) is 18.4 Å². The molecule has 2 atom stereocenters. The molecule has 0 aromatic heterocycles. The number of urea groups is 1. The summed E-state index contributed by atoms with van der Waals surface area (Å²) in [5.74, 6) is -2.38. The van der Waals surface area contributed by atoms with Crippen LogP contribution in [0.4, 0.5) is 15.3 Å². The molecule has 7 N–H and O–H groups in total. The number of imide groups is 1. The smallest absolute Gasteiger partial charge is 0.407 e. The quantitative estimate of drug-likeness (QED) is 0.100. The molecule has 264 valence electrons. The maximum Gasteiger partial charge on any atom is 0.407 e. The lowest BCUT2D eigenvalue weighted by Crippen LogP contribution is -2.54. The number of primary amides is 1. The monoisotopic (exact) mass is 671 g/mol. The summed E-state index contributed by atoms with van der Waals surface area (Å²) in [7, 11) is 0. The van der Waals surface area contributed by atoms with E-state index >= 15 is 0 Å². The summed E-state index contributed by atoms with van der Waals surface area (Å²) < 4.78 is 5.23. The van der Waals surface area contributed by atoms with Crippen LogP contribution < -0.4 is 32.3 Å². The van der Waals surface area contributed by atoms with Gasteiger partial charge in [0.15, 0.2) is 0 Å². The number of hydrogen-bond donors (Lipinski definition) is 6. The van der Waals surface area contributed by atoms with Gasteiger partial charge < -0.3 is 37.1 Å². The van der Waals surface area contributed by atoms with Gasteiger partial charge in [-0.2, -0.15) is 0 Å². The van der Waals surface area contributed by atoms with Gasteiger partial charge >= 0.3 is 12.1 Å². The van der Waals surface area contributed by atoms with Crippen LogP contribution in [0.25, 0.3) is 0 Å². The fourth-order valence-electron chi connectivity index (χ4n) is 4.62. The number of anilines is 1. The number of rotatable bonds is 18. The van der Waals surface area contributed by atoms with Gasteiger partial charge in [-0.05, 0) is 70.1 Å². The summed E-state index contributed by atoms with van der Waals surface area (Å²) in [6, 6.07) is 4.03. The number of ether oxygens (including phenoxy) is 1. The average Bonchev–Trinajstić information content (AvgIpc) is 3.31. The number of nitrogens with zero attached hydrogens (tertiary/aromatic N) is 1. The van der Waals surface area contributed by atoms with Gasteiger partial charge in [-0.25, -0.2) is 9.59 Å². The highest BCUT2D eigenvalue weighted by Crippen LogP contribution is 2.14. The summed E-state index contributed by atoms with van der Waals surface area (Å²) in [4.78, 5) is 86.9. The van der Waals surface area contributed by atoms with E-state index in [-0.39, 0.29) is 56.2 Å². The molecule has 0 saturated heterocycles. The normalized spacial score (nSPS) is 13.9. The van der Waals surface area contributed by atoms with Gasteiger partial charge in [-0.1, -0.05) is 32.4 Å². The standard InChI is InChI=1S/C33H49N7O8/c1-21(2)28(38-25(41)11-7-6-8-19-40-26(42)16-17-27(40)43)30(45)37-24(10-9-18-35-31(34)46)29(44)36-23-14-12-22(13-15-23)20-48-32(47)39-33(3,4)5/h12-17,21,24,28H,6-11,18-20H2,1-5H3,(H,36,44)(H,37,45)(H,38,41)(H,39,47)(H3,34,35,46)/t24-,28?/m0/s1. The lowest BCUT2D eigenvalue weighted by molar-refractivity contribution is -0.137. The molecule has 1 unspecified atom stereocenters. The van der Waals surface area contributed by atoms with Crippen molar-refractivity contribution in [2.24, 2.45) is 11.7 Å². The molecule has 1 aromatic rings. The van der Waals surface area contributed by atoms with E-state index in [1.54, 1.807) is 38.1 Å². The molecule has 0 fully saturated rings. The summed E-state index contributed by atoms with van der Waals surface area (Å²) in [6.45, 7) is 9.55. The molecule has 1 aliphatic rings. The van der Waals surface area contributed by atoms with Gasteiger partial charge in [0.2, 0.25) is 17.7 Å². The van der Waals surface area contributed by atoms with Crippen LogP contribution in [-0.2, 0) is 35.3 Å². The van der Waals surface area contributed by atoms with Crippen molar-refractivity contribution in [1.82, 2.24) is 26.2 Å². The molecule has 0 radical (unpaired) electrons. The van der Waals surface area contributed by atoms with E-state index in [0.29, 0.717) is 36.9 Å². The molecule has 1 aromatic carbocycles. The summed E-state index contributed by atoms with van der Waals surface area (Å²) in [5, 5.41) is 13.4. The minimum absolute atomic E-state index is 0.0301. The van der Waals surface area contributed by atoms with Crippen LogP contribution in [0, 0.1) is 5.92 Å². The molecule has 0 saturated carbocycles. The molecular formula is C33H49N7O8. The number of nitrogens with one attached hydrogen (secondary N) is 5. The number of nitrogens with two attached hydrogens (primary N) is 1. The predicted molar refractivity (Wildman–Crippen MR) is 178 cm³/mol. The molecule has 8 amide bonds. The van der Waals surface area contributed by atoms with Gasteiger partial charge in [0.05, 0.1) is 0 Å². The summed E-state index contributed by atoms with van der Waals surface area (Å²) in [6.07, 6.45) is 4.19. The van der Waals surface area contributed by atoms with Gasteiger partial charge in [0.1, 0.15) is 18.7 Å². The van der Waals surface area contributed by atoms with Gasteiger partial charge in [0.25, 0.3) is 11.8 Å². The topological polar surface area (TPSA) is 218 Å². The fourth-order valence-corrected chi connectivity index (χ4v) is 4.62. The van der Waals surface area contributed by atoms with E-state index in [2.05, 4.69) is 26.6 Å². The second-order valence-corrected chi connectivity index (χ2v) is 12.9. The Morgan fingerprint density at radius 2 is 1.52 bits per heavy atom. The van der Waals surface area contributed by atoms with Crippen LogP contribution >= 0.6 is 0 Å². The van der Waals surface area contributed by atoms with E-state index in [4.69, 9.17) is 10.5 Å². The lowest BCUT2D eigenvalue weighted by atomic mass is 10.0. The molecule has 1 heterocycles. The number of amides is 8. The highest BCUT2D eigenvalue weighted by atomic mass is 16.5. The van der Waals surface area contributed by atoms with E-state index < -0.39 is 41.6 Å². The molecule has 1 aliphatic heterocycles. The molecule has 15 heteroatoms. The zero-order chi connectivity index (χ0) is 35.9. The van der Waals surface area contributed by atoms with Crippen LogP contribution in [0.3, 0.4) is 0 Å². The summed E-state index contributed by atoms with van der Waals surface area (Å²) >= 11 is 0. The zero-order valence-electron chi connectivity index (χ0n) is 28.4. The van der Waals surface area contributed by atoms with E-state index in [0.717, 1.165) is 4.90 Å². The Kier molecular flexibility index (Phi) is 15.5. The SMILES string of the molecule is CC(C)C(NC(=O)CCCCCN1C(=O)C=CC1=O)C(=O)N[C@@H](CCCNC(N)=O)C(=O)Nc1ccc(COC(=O)NC(C)(C)C)cc1. The van der Waals surface area contributed by atoms with Crippen molar-refractivity contribution >= 4 is 47.3 Å². The zero-order valence-corrected chi connectivity index (χ0v) is 28.4. The Bertz CT molecular complexity index is 1320. The van der Waals surface area contributed by atoms with Crippen LogP contribution in [0.15, 0.2) is 36.4 Å². The van der Waals surface area contributed by atoms with Crippen molar-refractivity contribution in [3.63, 3.8) is 0 Å². The first-order valence-electron chi connectivity index (χ1n) is 16.1. The van der Waals surface area contributed by atoms with Crippen LogP contribution in [0.5, 0.6) is 0 Å². The number of hydrogen-bond acceptors (Lipinski definition) is 8. The highest BCUT2D eigenvalue weighted by Gasteiger charge is 2.29. The maximum atomic E-state index is 13.4. The number of alkyl carbamates (subject to hydrolysis) is 1. The third kappa shape index (κ3) is 14.6.